The zero-order valence-electron chi connectivity index (χ0n) is 18.8. The van der Waals surface area contributed by atoms with Crippen LogP contribution in [0, 0.1) is 5.82 Å². The van der Waals surface area contributed by atoms with Crippen molar-refractivity contribution in [3.63, 3.8) is 0 Å². The molecular weight excluding hydrogens is 439 g/mol. The number of halogens is 1. The van der Waals surface area contributed by atoms with Crippen molar-refractivity contribution in [3.05, 3.63) is 83.7 Å². The van der Waals surface area contributed by atoms with Crippen LogP contribution in [0.4, 0.5) is 4.39 Å². The van der Waals surface area contributed by atoms with Gasteiger partial charge in [0.1, 0.15) is 23.9 Å². The molecule has 2 aliphatic rings. The molecule has 2 fully saturated rings. The average Bonchev–Trinajstić information content (AvgIpc) is 3.11. The summed E-state index contributed by atoms with van der Waals surface area (Å²) < 4.78 is 25.7. The second-order valence-electron chi connectivity index (χ2n) is 8.09. The predicted octanol–water partition coefficient (Wildman–Crippen LogP) is 3.14. The van der Waals surface area contributed by atoms with E-state index < -0.39 is 23.5 Å². The number of benzene rings is 2. The van der Waals surface area contributed by atoms with E-state index in [9.17, 15) is 19.1 Å². The fourth-order valence-corrected chi connectivity index (χ4v) is 4.22. The van der Waals surface area contributed by atoms with Crippen LogP contribution in [0.5, 0.6) is 5.75 Å². The fourth-order valence-electron chi connectivity index (χ4n) is 4.22. The summed E-state index contributed by atoms with van der Waals surface area (Å²) in [5, 5.41) is 11.1. The van der Waals surface area contributed by atoms with Gasteiger partial charge in [0, 0.05) is 37.3 Å². The van der Waals surface area contributed by atoms with E-state index in [2.05, 4.69) is 11.5 Å². The first-order valence-corrected chi connectivity index (χ1v) is 11.2. The van der Waals surface area contributed by atoms with E-state index >= 15 is 0 Å². The molecule has 2 aromatic rings. The highest BCUT2D eigenvalue weighted by atomic mass is 19.1. The average molecular weight is 467 g/mol. The van der Waals surface area contributed by atoms with Gasteiger partial charge >= 0.3 is 0 Å². The van der Waals surface area contributed by atoms with E-state index in [4.69, 9.17) is 9.47 Å². The summed E-state index contributed by atoms with van der Waals surface area (Å²) >= 11 is 0. The second kappa shape index (κ2) is 10.6. The molecule has 0 aliphatic carbocycles. The van der Waals surface area contributed by atoms with E-state index in [0.717, 1.165) is 0 Å². The lowest BCUT2D eigenvalue weighted by Gasteiger charge is -2.31. The Bertz CT molecular complexity index is 1090. The molecule has 178 valence electrons. The first-order valence-electron chi connectivity index (χ1n) is 11.2. The molecule has 7 nitrogen and oxygen atoms in total. The number of hydrogen-bond acceptors (Lipinski definition) is 6. The van der Waals surface area contributed by atoms with Crippen molar-refractivity contribution in [3.8, 4) is 5.75 Å². The summed E-state index contributed by atoms with van der Waals surface area (Å²) in [7, 11) is 0. The molecule has 1 N–H and O–H groups in total. The molecule has 34 heavy (non-hydrogen) atoms. The van der Waals surface area contributed by atoms with Crippen molar-refractivity contribution in [1.82, 2.24) is 9.80 Å². The molecule has 2 saturated heterocycles. The first kappa shape index (κ1) is 23.7. The zero-order valence-corrected chi connectivity index (χ0v) is 18.8. The molecule has 0 aromatic heterocycles. The number of ketones is 1. The van der Waals surface area contributed by atoms with Crippen LogP contribution >= 0.6 is 0 Å². The van der Waals surface area contributed by atoms with Crippen LogP contribution in [-0.2, 0) is 14.3 Å². The van der Waals surface area contributed by atoms with Crippen molar-refractivity contribution in [2.75, 3.05) is 46.0 Å². The Labute approximate surface area is 197 Å². The number of amides is 1. The van der Waals surface area contributed by atoms with Crippen LogP contribution in [0.15, 0.2) is 66.8 Å². The number of Topliss-reactive ketones (excluding diaryl/α,β-unsaturated/α-hetero) is 1. The molecule has 0 bridgehead atoms. The van der Waals surface area contributed by atoms with Gasteiger partial charge in [-0.15, -0.1) is 0 Å². The van der Waals surface area contributed by atoms with Crippen molar-refractivity contribution in [2.24, 2.45) is 0 Å². The van der Waals surface area contributed by atoms with Gasteiger partial charge in [-0.05, 0) is 30.3 Å². The highest BCUT2D eigenvalue weighted by Crippen LogP contribution is 2.40. The number of ether oxygens (including phenoxy) is 2. The molecular formula is C26H27FN2O5. The number of likely N-dealkylation sites (tertiary alicyclic amines) is 1. The maximum absolute atomic E-state index is 14.9. The molecule has 2 aromatic carbocycles. The summed E-state index contributed by atoms with van der Waals surface area (Å²) in [6.45, 7) is 7.29. The minimum Gasteiger partial charge on any atom is -0.507 e. The number of nitrogens with zero attached hydrogens (tertiary/aromatic N) is 2. The smallest absolute Gasteiger partial charge is 0.295 e. The zero-order chi connectivity index (χ0) is 24.1. The molecule has 1 amide bonds. The molecule has 2 heterocycles. The van der Waals surface area contributed by atoms with Crippen LogP contribution in [0.1, 0.15) is 17.2 Å². The van der Waals surface area contributed by atoms with E-state index in [0.29, 0.717) is 50.8 Å². The molecule has 0 saturated carbocycles. The predicted molar refractivity (Wildman–Crippen MR) is 125 cm³/mol. The fraction of sp³-hybridized carbons (Fsp3) is 0.308. The Morgan fingerprint density at radius 2 is 1.82 bits per heavy atom. The minimum atomic E-state index is -1.03. The molecule has 4 rings (SSSR count). The minimum absolute atomic E-state index is 0.128. The second-order valence-corrected chi connectivity index (χ2v) is 8.09. The Balaban J connectivity index is 1.70. The largest absolute Gasteiger partial charge is 0.507 e. The Morgan fingerprint density at radius 1 is 1.12 bits per heavy atom. The summed E-state index contributed by atoms with van der Waals surface area (Å²) in [6, 6.07) is 11.4. The third-order valence-corrected chi connectivity index (χ3v) is 6.00. The normalized spacial score (nSPS) is 20.5. The molecule has 0 unspecified atom stereocenters. The lowest BCUT2D eigenvalue weighted by atomic mass is 9.95. The van der Waals surface area contributed by atoms with Crippen LogP contribution in [0.2, 0.25) is 0 Å². The third-order valence-electron chi connectivity index (χ3n) is 6.00. The third kappa shape index (κ3) is 4.88. The lowest BCUT2D eigenvalue weighted by Crippen LogP contribution is -2.42. The topological polar surface area (TPSA) is 79.3 Å². The van der Waals surface area contributed by atoms with Gasteiger partial charge in [0.2, 0.25) is 0 Å². The van der Waals surface area contributed by atoms with Crippen LogP contribution in [0.3, 0.4) is 0 Å². The van der Waals surface area contributed by atoms with E-state index in [1.165, 1.54) is 17.0 Å². The van der Waals surface area contributed by atoms with E-state index in [1.54, 1.807) is 42.5 Å². The van der Waals surface area contributed by atoms with Crippen molar-refractivity contribution >= 4 is 17.4 Å². The maximum atomic E-state index is 14.9. The van der Waals surface area contributed by atoms with Gasteiger partial charge in [-0.2, -0.15) is 0 Å². The summed E-state index contributed by atoms with van der Waals surface area (Å²) in [5.74, 6) is -1.93. The Hall–Kier alpha value is -3.49. The lowest BCUT2D eigenvalue weighted by molar-refractivity contribution is -0.140. The Kier molecular flexibility index (Phi) is 7.40. The number of aliphatic hydroxyl groups excluding tert-OH is 1. The molecule has 0 radical (unpaired) electrons. The van der Waals surface area contributed by atoms with Crippen molar-refractivity contribution in [1.29, 1.82) is 0 Å². The monoisotopic (exact) mass is 466 g/mol. The van der Waals surface area contributed by atoms with Gasteiger partial charge in [0.05, 0.1) is 24.8 Å². The number of rotatable bonds is 8. The van der Waals surface area contributed by atoms with Crippen molar-refractivity contribution in [2.45, 2.75) is 6.04 Å². The SMILES string of the molecule is C=CCOc1ccc(C(O)=C2C(=O)C(=O)N(CCN3CCOCC3)[C@@H]2c2ccccc2F)cc1. The van der Waals surface area contributed by atoms with E-state index in [-0.39, 0.29) is 23.4 Å². The Morgan fingerprint density at radius 3 is 2.50 bits per heavy atom. The van der Waals surface area contributed by atoms with Crippen LogP contribution in [-0.4, -0.2) is 72.6 Å². The number of aliphatic hydroxyl groups is 1. The van der Waals surface area contributed by atoms with Gasteiger partial charge in [-0.3, -0.25) is 14.5 Å². The van der Waals surface area contributed by atoms with Gasteiger partial charge in [0.15, 0.2) is 0 Å². The first-order chi connectivity index (χ1) is 16.5. The van der Waals surface area contributed by atoms with Crippen LogP contribution < -0.4 is 4.74 Å². The number of carbonyl (C=O) groups is 2. The number of carbonyl (C=O) groups excluding carboxylic acids is 2. The van der Waals surface area contributed by atoms with Gasteiger partial charge < -0.3 is 19.5 Å². The van der Waals surface area contributed by atoms with Crippen molar-refractivity contribution < 1.29 is 28.6 Å². The summed E-state index contributed by atoms with van der Waals surface area (Å²) in [4.78, 5) is 29.6. The summed E-state index contributed by atoms with van der Waals surface area (Å²) in [5.41, 5.74) is 0.367. The standard InChI is InChI=1S/C26H27FN2O5/c1-2-15-34-19-9-7-18(8-10-19)24(30)22-23(20-5-3-4-6-21(20)27)29(26(32)25(22)31)12-11-28-13-16-33-17-14-28/h2-10,23,30H,1,11-17H2/t23-/m1/s1. The van der Waals surface area contributed by atoms with Gasteiger partial charge in [-0.25, -0.2) is 4.39 Å². The highest BCUT2D eigenvalue weighted by Gasteiger charge is 2.46. The molecule has 2 aliphatic heterocycles. The molecule has 8 heteroatoms. The number of morpholine rings is 1. The molecule has 1 atom stereocenters. The van der Waals surface area contributed by atoms with Gasteiger partial charge in [0.25, 0.3) is 11.7 Å². The summed E-state index contributed by atoms with van der Waals surface area (Å²) in [6.07, 6.45) is 1.61. The highest BCUT2D eigenvalue weighted by molar-refractivity contribution is 6.46. The molecule has 0 spiro atoms. The maximum Gasteiger partial charge on any atom is 0.295 e. The van der Waals surface area contributed by atoms with Gasteiger partial charge in [-0.1, -0.05) is 30.9 Å². The van der Waals surface area contributed by atoms with Crippen LogP contribution in [0.25, 0.3) is 5.76 Å². The number of hydrogen-bond donors (Lipinski definition) is 1. The quantitative estimate of drug-likeness (QED) is 0.279. The van der Waals surface area contributed by atoms with E-state index in [1.807, 2.05) is 0 Å².